The normalized spacial score (nSPS) is 16.1. The van der Waals surface area contributed by atoms with Gasteiger partial charge >= 0.3 is 0 Å². The second kappa shape index (κ2) is 8.11. The van der Waals surface area contributed by atoms with Crippen molar-refractivity contribution in [3.05, 3.63) is 47.5 Å². The summed E-state index contributed by atoms with van der Waals surface area (Å²) >= 11 is 0. The number of carbonyl (C=O) groups excluding carboxylic acids is 2. The van der Waals surface area contributed by atoms with Crippen molar-refractivity contribution in [3.63, 3.8) is 0 Å². The molecule has 0 radical (unpaired) electrons. The van der Waals surface area contributed by atoms with Crippen molar-refractivity contribution in [2.24, 2.45) is 0 Å². The smallest absolute Gasteiger partial charge is 0.257 e. The first-order valence-corrected chi connectivity index (χ1v) is 8.92. The van der Waals surface area contributed by atoms with Crippen LogP contribution in [0.15, 0.2) is 30.7 Å². The van der Waals surface area contributed by atoms with Crippen molar-refractivity contribution in [3.8, 4) is 0 Å². The van der Waals surface area contributed by atoms with Crippen LogP contribution in [0.2, 0.25) is 0 Å². The largest absolute Gasteiger partial charge is 0.352 e. The van der Waals surface area contributed by atoms with E-state index in [1.165, 1.54) is 0 Å². The van der Waals surface area contributed by atoms with Gasteiger partial charge in [-0.15, -0.1) is 0 Å². The standard InChI is InChI=1S/C19H24N6O2/c1-13-16(10-21-19(22-13)24(2)3)18(27)25(11-14-5-4-8-20-9-14)12-15-6-7-17(26)23-15/h4-5,8-10,15H,6-7,11-12H2,1-3H3,(H,23,26). The lowest BCUT2D eigenvalue weighted by molar-refractivity contribution is -0.119. The summed E-state index contributed by atoms with van der Waals surface area (Å²) in [5, 5.41) is 2.93. The minimum absolute atomic E-state index is 0.0311. The number of hydrogen-bond donors (Lipinski definition) is 1. The molecule has 1 unspecified atom stereocenters. The van der Waals surface area contributed by atoms with Crippen molar-refractivity contribution in [1.29, 1.82) is 0 Å². The SMILES string of the molecule is Cc1nc(N(C)C)ncc1C(=O)N(Cc1cccnc1)CC1CCC(=O)N1. The van der Waals surface area contributed by atoms with Crippen molar-refractivity contribution < 1.29 is 9.59 Å². The summed E-state index contributed by atoms with van der Waals surface area (Å²) in [7, 11) is 3.71. The van der Waals surface area contributed by atoms with E-state index >= 15 is 0 Å². The van der Waals surface area contributed by atoms with Gasteiger partial charge in [0.05, 0.1) is 11.3 Å². The van der Waals surface area contributed by atoms with Gasteiger partial charge in [0.2, 0.25) is 11.9 Å². The molecule has 1 atom stereocenters. The summed E-state index contributed by atoms with van der Waals surface area (Å²) in [4.78, 5) is 41.1. The summed E-state index contributed by atoms with van der Waals surface area (Å²) in [5.41, 5.74) is 2.03. The predicted octanol–water partition coefficient (Wildman–Crippen LogP) is 1.17. The molecule has 0 saturated carbocycles. The molecule has 3 heterocycles. The van der Waals surface area contributed by atoms with Gasteiger partial charge in [0, 0.05) is 58.2 Å². The molecule has 2 amide bonds. The van der Waals surface area contributed by atoms with Gasteiger partial charge in [0.1, 0.15) is 0 Å². The highest BCUT2D eigenvalue weighted by Gasteiger charge is 2.27. The molecule has 0 bridgehead atoms. The Balaban J connectivity index is 1.84. The van der Waals surface area contributed by atoms with Crippen LogP contribution in [0, 0.1) is 6.92 Å². The van der Waals surface area contributed by atoms with Crippen LogP contribution in [-0.2, 0) is 11.3 Å². The molecule has 3 rings (SSSR count). The van der Waals surface area contributed by atoms with E-state index in [4.69, 9.17) is 0 Å². The highest BCUT2D eigenvalue weighted by Crippen LogP contribution is 2.16. The second-order valence-electron chi connectivity index (χ2n) is 6.91. The lowest BCUT2D eigenvalue weighted by Gasteiger charge is -2.26. The van der Waals surface area contributed by atoms with E-state index in [1.807, 2.05) is 33.2 Å². The Kier molecular flexibility index (Phi) is 5.63. The minimum Gasteiger partial charge on any atom is -0.352 e. The fourth-order valence-electron chi connectivity index (χ4n) is 3.06. The van der Waals surface area contributed by atoms with E-state index in [2.05, 4.69) is 20.3 Å². The number of aromatic nitrogens is 3. The molecular formula is C19H24N6O2. The van der Waals surface area contributed by atoms with Gasteiger partial charge in [-0.3, -0.25) is 14.6 Å². The van der Waals surface area contributed by atoms with Crippen molar-refractivity contribution >= 4 is 17.8 Å². The fraction of sp³-hybridized carbons (Fsp3) is 0.421. The lowest BCUT2D eigenvalue weighted by Crippen LogP contribution is -2.42. The molecule has 1 aliphatic rings. The van der Waals surface area contributed by atoms with Crippen molar-refractivity contribution in [2.75, 3.05) is 25.5 Å². The maximum absolute atomic E-state index is 13.2. The molecule has 27 heavy (non-hydrogen) atoms. The molecule has 1 fully saturated rings. The molecule has 1 aliphatic heterocycles. The first kappa shape index (κ1) is 18.8. The summed E-state index contributed by atoms with van der Waals surface area (Å²) in [6.07, 6.45) is 6.24. The number of nitrogens with zero attached hydrogens (tertiary/aromatic N) is 5. The third-order valence-electron chi connectivity index (χ3n) is 4.51. The number of hydrogen-bond acceptors (Lipinski definition) is 6. The molecule has 0 aromatic carbocycles. The summed E-state index contributed by atoms with van der Waals surface area (Å²) in [6.45, 7) is 2.66. The number of rotatable bonds is 6. The maximum Gasteiger partial charge on any atom is 0.257 e. The average Bonchev–Trinajstić information content (AvgIpc) is 3.06. The molecule has 2 aromatic rings. The Labute approximate surface area is 158 Å². The molecule has 142 valence electrons. The molecular weight excluding hydrogens is 344 g/mol. The van der Waals surface area contributed by atoms with Gasteiger partial charge < -0.3 is 15.1 Å². The molecule has 8 heteroatoms. The predicted molar refractivity (Wildman–Crippen MR) is 101 cm³/mol. The monoisotopic (exact) mass is 368 g/mol. The Morgan fingerprint density at radius 3 is 2.74 bits per heavy atom. The Morgan fingerprint density at radius 1 is 1.33 bits per heavy atom. The van der Waals surface area contributed by atoms with Crippen LogP contribution in [-0.4, -0.2) is 58.3 Å². The number of anilines is 1. The van der Waals surface area contributed by atoms with Crippen LogP contribution >= 0.6 is 0 Å². The Hall–Kier alpha value is -3.03. The van der Waals surface area contributed by atoms with Crippen LogP contribution < -0.4 is 10.2 Å². The highest BCUT2D eigenvalue weighted by molar-refractivity contribution is 5.95. The quantitative estimate of drug-likeness (QED) is 0.823. The molecule has 1 N–H and O–H groups in total. The van der Waals surface area contributed by atoms with E-state index in [0.717, 1.165) is 12.0 Å². The van der Waals surface area contributed by atoms with Gasteiger partial charge in [-0.05, 0) is 25.0 Å². The first-order valence-electron chi connectivity index (χ1n) is 8.92. The van der Waals surface area contributed by atoms with Gasteiger partial charge in [-0.1, -0.05) is 6.07 Å². The van der Waals surface area contributed by atoms with Crippen molar-refractivity contribution in [2.45, 2.75) is 32.4 Å². The molecule has 0 spiro atoms. The minimum atomic E-state index is -0.150. The maximum atomic E-state index is 13.2. The summed E-state index contributed by atoms with van der Waals surface area (Å²) in [6, 6.07) is 3.73. The van der Waals surface area contributed by atoms with E-state index in [0.29, 0.717) is 36.7 Å². The average molecular weight is 368 g/mol. The molecule has 2 aromatic heterocycles. The van der Waals surface area contributed by atoms with Crippen LogP contribution in [0.3, 0.4) is 0 Å². The fourth-order valence-corrected chi connectivity index (χ4v) is 3.06. The number of aryl methyl sites for hydroxylation is 1. The lowest BCUT2D eigenvalue weighted by atomic mass is 10.1. The summed E-state index contributed by atoms with van der Waals surface area (Å²) < 4.78 is 0. The Bertz CT molecular complexity index is 824. The van der Waals surface area contributed by atoms with Crippen LogP contribution in [0.5, 0.6) is 0 Å². The zero-order valence-electron chi connectivity index (χ0n) is 15.8. The number of carbonyl (C=O) groups is 2. The number of nitrogens with one attached hydrogen (secondary N) is 1. The Morgan fingerprint density at radius 2 is 2.15 bits per heavy atom. The molecule has 1 saturated heterocycles. The van der Waals surface area contributed by atoms with E-state index in [9.17, 15) is 9.59 Å². The first-order chi connectivity index (χ1) is 12.9. The van der Waals surface area contributed by atoms with Gasteiger partial charge in [0.15, 0.2) is 0 Å². The van der Waals surface area contributed by atoms with Crippen LogP contribution in [0.1, 0.15) is 34.5 Å². The third kappa shape index (κ3) is 4.58. The van der Waals surface area contributed by atoms with Crippen LogP contribution in [0.4, 0.5) is 5.95 Å². The van der Waals surface area contributed by atoms with E-state index in [-0.39, 0.29) is 17.9 Å². The second-order valence-corrected chi connectivity index (χ2v) is 6.91. The molecule has 0 aliphatic carbocycles. The van der Waals surface area contributed by atoms with Gasteiger partial charge in [-0.25, -0.2) is 9.97 Å². The zero-order chi connectivity index (χ0) is 19.4. The van der Waals surface area contributed by atoms with E-state index in [1.54, 1.807) is 28.4 Å². The van der Waals surface area contributed by atoms with Crippen LogP contribution in [0.25, 0.3) is 0 Å². The number of pyridine rings is 1. The molecule has 8 nitrogen and oxygen atoms in total. The third-order valence-corrected chi connectivity index (χ3v) is 4.51. The van der Waals surface area contributed by atoms with Crippen molar-refractivity contribution in [1.82, 2.24) is 25.2 Å². The highest BCUT2D eigenvalue weighted by atomic mass is 16.2. The van der Waals surface area contributed by atoms with Gasteiger partial charge in [-0.2, -0.15) is 0 Å². The number of amides is 2. The summed E-state index contributed by atoms with van der Waals surface area (Å²) in [5.74, 6) is 0.442. The zero-order valence-corrected chi connectivity index (χ0v) is 15.8. The van der Waals surface area contributed by atoms with Gasteiger partial charge in [0.25, 0.3) is 5.91 Å². The topological polar surface area (TPSA) is 91.3 Å². The van der Waals surface area contributed by atoms with E-state index < -0.39 is 0 Å².